The number of para-hydroxylation sites is 1. The smallest absolute Gasteiger partial charge is 0.249 e. The van der Waals surface area contributed by atoms with Gasteiger partial charge in [-0.3, -0.25) is 0 Å². The van der Waals surface area contributed by atoms with Crippen molar-refractivity contribution in [2.45, 2.75) is 0 Å². The Morgan fingerprint density at radius 3 is 2.38 bits per heavy atom. The minimum absolute atomic E-state index is 0.00918. The number of hydrogen-bond donors (Lipinski definition) is 2. The van der Waals surface area contributed by atoms with Crippen molar-refractivity contribution in [3.63, 3.8) is 0 Å². The van der Waals surface area contributed by atoms with Gasteiger partial charge in [-0.05, 0) is 30.3 Å². The Morgan fingerprint density at radius 1 is 0.917 bits per heavy atom. The molecule has 3 rings (SSSR count). The molecule has 3 aromatic rings. The van der Waals surface area contributed by atoms with E-state index in [0.717, 1.165) is 0 Å². The molecule has 1 heterocycles. The minimum Gasteiger partial charge on any atom is -0.336 e. The summed E-state index contributed by atoms with van der Waals surface area (Å²) in [6.07, 6.45) is 1.42. The fourth-order valence-corrected chi connectivity index (χ4v) is 2.54. The van der Waals surface area contributed by atoms with Gasteiger partial charge in [0.2, 0.25) is 5.95 Å². The highest BCUT2D eigenvalue weighted by Gasteiger charge is 2.08. The van der Waals surface area contributed by atoms with Crippen LogP contribution in [0.2, 0.25) is 15.1 Å². The van der Waals surface area contributed by atoms with E-state index >= 15 is 0 Å². The molecule has 0 amide bonds. The summed E-state index contributed by atoms with van der Waals surface area (Å²) in [5.41, 5.74) is 1.04. The van der Waals surface area contributed by atoms with Crippen molar-refractivity contribution in [3.05, 3.63) is 63.5 Å². The summed E-state index contributed by atoms with van der Waals surface area (Å²) >= 11 is 17.9. The van der Waals surface area contributed by atoms with Crippen LogP contribution in [0.4, 0.5) is 27.5 Å². The van der Waals surface area contributed by atoms with Crippen molar-refractivity contribution in [2.24, 2.45) is 0 Å². The van der Waals surface area contributed by atoms with Gasteiger partial charge < -0.3 is 10.6 Å². The molecule has 2 N–H and O–H groups in total. The molecule has 0 saturated carbocycles. The summed E-state index contributed by atoms with van der Waals surface area (Å²) in [5.74, 6) is 0.0756. The van der Waals surface area contributed by atoms with Gasteiger partial charge >= 0.3 is 0 Å². The topological polar surface area (TPSA) is 62.7 Å². The van der Waals surface area contributed by atoms with Crippen LogP contribution in [0.5, 0.6) is 0 Å². The zero-order chi connectivity index (χ0) is 17.1. The van der Waals surface area contributed by atoms with Gasteiger partial charge in [-0.2, -0.15) is 10.1 Å². The Hall–Kier alpha value is -2.15. The van der Waals surface area contributed by atoms with E-state index in [1.54, 1.807) is 18.2 Å². The monoisotopic (exact) mass is 383 g/mol. The highest BCUT2D eigenvalue weighted by Crippen LogP contribution is 2.32. The van der Waals surface area contributed by atoms with Gasteiger partial charge in [-0.1, -0.05) is 40.9 Å². The van der Waals surface area contributed by atoms with Crippen LogP contribution in [0, 0.1) is 5.82 Å². The normalized spacial score (nSPS) is 10.5. The maximum atomic E-state index is 13.2. The molecule has 2 aromatic carbocycles. The van der Waals surface area contributed by atoms with E-state index in [4.69, 9.17) is 34.8 Å². The second-order valence-corrected chi connectivity index (χ2v) is 5.86. The first-order valence-electron chi connectivity index (χ1n) is 6.66. The van der Waals surface area contributed by atoms with Gasteiger partial charge in [0.05, 0.1) is 27.0 Å². The van der Waals surface area contributed by atoms with Crippen LogP contribution in [0.1, 0.15) is 0 Å². The predicted molar refractivity (Wildman–Crippen MR) is 94.3 cm³/mol. The maximum Gasteiger partial charge on any atom is 0.249 e. The van der Waals surface area contributed by atoms with Crippen LogP contribution in [-0.2, 0) is 0 Å². The first-order chi connectivity index (χ1) is 11.5. The molecule has 0 aliphatic carbocycles. The maximum absolute atomic E-state index is 13.2. The zero-order valence-corrected chi connectivity index (χ0v) is 14.2. The molecule has 24 heavy (non-hydrogen) atoms. The van der Waals surface area contributed by atoms with Crippen molar-refractivity contribution < 1.29 is 4.39 Å². The first-order valence-corrected chi connectivity index (χ1v) is 7.79. The standard InChI is InChI=1S/C15H9Cl3FN5/c16-9-2-1-3-10(17)14(9)22-13-7-20-24-15(23-13)21-8-4-5-12(19)11(18)6-8/h1-7H,(H2,21,22,23,24). The molecule has 0 bridgehead atoms. The second kappa shape index (κ2) is 7.17. The van der Waals surface area contributed by atoms with Crippen molar-refractivity contribution in [1.29, 1.82) is 0 Å². The Morgan fingerprint density at radius 2 is 1.67 bits per heavy atom. The number of rotatable bonds is 4. The molecule has 0 saturated heterocycles. The molecule has 0 atom stereocenters. The number of benzene rings is 2. The average molecular weight is 385 g/mol. The molecule has 0 spiro atoms. The molecule has 5 nitrogen and oxygen atoms in total. The van der Waals surface area contributed by atoms with E-state index in [9.17, 15) is 4.39 Å². The third-order valence-electron chi connectivity index (χ3n) is 2.95. The van der Waals surface area contributed by atoms with Gasteiger partial charge in [0.15, 0.2) is 5.82 Å². The minimum atomic E-state index is -0.509. The summed E-state index contributed by atoms with van der Waals surface area (Å²) in [5, 5.41) is 14.5. The fourth-order valence-electron chi connectivity index (χ4n) is 1.87. The highest BCUT2D eigenvalue weighted by atomic mass is 35.5. The zero-order valence-electron chi connectivity index (χ0n) is 11.9. The summed E-state index contributed by atoms with van der Waals surface area (Å²) in [6.45, 7) is 0. The van der Waals surface area contributed by atoms with Crippen LogP contribution in [0.25, 0.3) is 0 Å². The molecule has 0 aliphatic heterocycles. The van der Waals surface area contributed by atoms with Crippen molar-refractivity contribution in [3.8, 4) is 0 Å². The van der Waals surface area contributed by atoms with Gasteiger partial charge in [0.25, 0.3) is 0 Å². The highest BCUT2D eigenvalue weighted by molar-refractivity contribution is 6.39. The third kappa shape index (κ3) is 3.84. The van der Waals surface area contributed by atoms with E-state index in [-0.39, 0.29) is 11.0 Å². The second-order valence-electron chi connectivity index (χ2n) is 4.64. The lowest BCUT2D eigenvalue weighted by Crippen LogP contribution is -2.03. The molecular weight excluding hydrogens is 376 g/mol. The van der Waals surface area contributed by atoms with E-state index < -0.39 is 5.82 Å². The largest absolute Gasteiger partial charge is 0.336 e. The van der Waals surface area contributed by atoms with Gasteiger partial charge in [-0.15, -0.1) is 5.10 Å². The molecule has 122 valence electrons. The van der Waals surface area contributed by atoms with Crippen LogP contribution in [-0.4, -0.2) is 15.2 Å². The van der Waals surface area contributed by atoms with Crippen LogP contribution >= 0.6 is 34.8 Å². The SMILES string of the molecule is Fc1ccc(Nc2nncc(Nc3c(Cl)cccc3Cl)n2)cc1Cl. The lowest BCUT2D eigenvalue weighted by molar-refractivity contribution is 0.628. The number of hydrogen-bond acceptors (Lipinski definition) is 5. The molecule has 0 fully saturated rings. The third-order valence-corrected chi connectivity index (χ3v) is 3.87. The fraction of sp³-hybridized carbons (Fsp3) is 0. The first kappa shape index (κ1) is 16.7. The van der Waals surface area contributed by atoms with Gasteiger partial charge in [0.1, 0.15) is 5.82 Å². The quantitative estimate of drug-likeness (QED) is 0.625. The number of halogens is 4. The van der Waals surface area contributed by atoms with Gasteiger partial charge in [0, 0.05) is 5.69 Å². The van der Waals surface area contributed by atoms with Crippen LogP contribution in [0.15, 0.2) is 42.6 Å². The predicted octanol–water partition coefficient (Wildman–Crippen LogP) is 5.46. The Labute approximate surface area is 151 Å². The number of anilines is 4. The molecule has 0 radical (unpaired) electrons. The summed E-state index contributed by atoms with van der Waals surface area (Å²) < 4.78 is 13.2. The lowest BCUT2D eigenvalue weighted by Gasteiger charge is -2.10. The van der Waals surface area contributed by atoms with E-state index in [1.807, 2.05) is 0 Å². The average Bonchev–Trinajstić information content (AvgIpc) is 2.55. The van der Waals surface area contributed by atoms with E-state index in [1.165, 1.54) is 24.4 Å². The Kier molecular flexibility index (Phi) is 4.99. The molecule has 0 aliphatic rings. The van der Waals surface area contributed by atoms with Gasteiger partial charge in [-0.25, -0.2) is 4.39 Å². The van der Waals surface area contributed by atoms with E-state index in [2.05, 4.69) is 25.8 Å². The molecule has 0 unspecified atom stereocenters. The Bertz CT molecular complexity index is 870. The van der Waals surface area contributed by atoms with Crippen LogP contribution in [0.3, 0.4) is 0 Å². The number of nitrogens with zero attached hydrogens (tertiary/aromatic N) is 3. The van der Waals surface area contributed by atoms with Crippen molar-refractivity contribution in [1.82, 2.24) is 15.2 Å². The number of aromatic nitrogens is 3. The summed E-state index contributed by atoms with van der Waals surface area (Å²) in [6, 6.07) is 9.30. The van der Waals surface area contributed by atoms with Crippen molar-refractivity contribution >= 4 is 57.9 Å². The van der Waals surface area contributed by atoms with Crippen molar-refractivity contribution in [2.75, 3.05) is 10.6 Å². The molecule has 9 heteroatoms. The van der Waals surface area contributed by atoms with E-state index in [0.29, 0.717) is 27.2 Å². The Balaban J connectivity index is 1.82. The van der Waals surface area contributed by atoms with Crippen LogP contribution < -0.4 is 10.6 Å². The lowest BCUT2D eigenvalue weighted by atomic mass is 10.3. The molecule has 1 aromatic heterocycles. The number of nitrogens with one attached hydrogen (secondary N) is 2. The molecular formula is C15H9Cl3FN5. The summed E-state index contributed by atoms with van der Waals surface area (Å²) in [4.78, 5) is 4.25. The summed E-state index contributed by atoms with van der Waals surface area (Å²) in [7, 11) is 0.